The average molecular weight is 251 g/mol. The molecule has 0 bridgehead atoms. The van der Waals surface area contributed by atoms with Crippen molar-refractivity contribution in [3.63, 3.8) is 0 Å². The van der Waals surface area contributed by atoms with Gasteiger partial charge in [-0.1, -0.05) is 12.8 Å². The van der Waals surface area contributed by atoms with Gasteiger partial charge in [0.2, 0.25) is 0 Å². The van der Waals surface area contributed by atoms with E-state index in [0.717, 1.165) is 36.9 Å². The largest absolute Gasteiger partial charge is 0.481 e. The van der Waals surface area contributed by atoms with Gasteiger partial charge < -0.3 is 10.8 Å². The highest BCUT2D eigenvalue weighted by molar-refractivity contribution is 5.76. The highest BCUT2D eigenvalue weighted by atomic mass is 16.4. The van der Waals surface area contributed by atoms with Crippen LogP contribution in [0.5, 0.6) is 0 Å². The lowest BCUT2D eigenvalue weighted by molar-refractivity contribution is -0.150. The first-order valence-electron chi connectivity index (χ1n) is 6.45. The smallest absolute Gasteiger partial charge is 0.310 e. The van der Waals surface area contributed by atoms with Gasteiger partial charge in [0.1, 0.15) is 0 Å². The van der Waals surface area contributed by atoms with Gasteiger partial charge in [0, 0.05) is 25.2 Å². The van der Waals surface area contributed by atoms with Crippen LogP contribution in [0.3, 0.4) is 0 Å². The Morgan fingerprint density at radius 1 is 1.61 bits per heavy atom. The highest BCUT2D eigenvalue weighted by Crippen LogP contribution is 2.49. The van der Waals surface area contributed by atoms with Crippen molar-refractivity contribution in [1.82, 2.24) is 9.78 Å². The van der Waals surface area contributed by atoms with Gasteiger partial charge in [0.15, 0.2) is 0 Å². The van der Waals surface area contributed by atoms with Gasteiger partial charge in [-0.05, 0) is 25.3 Å². The van der Waals surface area contributed by atoms with E-state index in [4.69, 9.17) is 5.73 Å². The van der Waals surface area contributed by atoms with Crippen LogP contribution in [0.1, 0.15) is 42.9 Å². The Labute approximate surface area is 107 Å². The maximum Gasteiger partial charge on any atom is 0.310 e. The molecule has 0 radical (unpaired) electrons. The lowest BCUT2D eigenvalue weighted by Gasteiger charge is -2.33. The molecule has 0 aromatic carbocycles. The lowest BCUT2D eigenvalue weighted by atomic mass is 9.71. The van der Waals surface area contributed by atoms with Crippen LogP contribution in [0, 0.1) is 12.3 Å². The van der Waals surface area contributed by atoms with E-state index in [0.29, 0.717) is 6.54 Å². The number of nitrogens with two attached hydrogens (primary N) is 1. The first kappa shape index (κ1) is 13.1. The number of carbonyl (C=O) groups is 1. The first-order valence-corrected chi connectivity index (χ1v) is 6.45. The zero-order valence-electron chi connectivity index (χ0n) is 11.0. The third kappa shape index (κ3) is 1.82. The van der Waals surface area contributed by atoms with Crippen molar-refractivity contribution in [1.29, 1.82) is 0 Å². The van der Waals surface area contributed by atoms with E-state index in [1.54, 1.807) is 10.9 Å². The number of aromatic nitrogens is 2. The molecule has 1 aromatic heterocycles. The molecule has 1 fully saturated rings. The van der Waals surface area contributed by atoms with Crippen LogP contribution in [0.15, 0.2) is 6.20 Å². The Kier molecular flexibility index (Phi) is 3.43. The van der Waals surface area contributed by atoms with E-state index in [2.05, 4.69) is 5.10 Å². The number of carboxylic acid groups (broad SMARTS) is 1. The Morgan fingerprint density at radius 3 is 2.61 bits per heavy atom. The molecule has 0 saturated heterocycles. The van der Waals surface area contributed by atoms with E-state index >= 15 is 0 Å². The van der Waals surface area contributed by atoms with E-state index in [1.165, 1.54) is 0 Å². The number of aryl methyl sites for hydroxylation is 2. The molecule has 1 atom stereocenters. The molecule has 18 heavy (non-hydrogen) atoms. The second-order valence-electron chi connectivity index (χ2n) is 5.29. The van der Waals surface area contributed by atoms with Gasteiger partial charge in [-0.3, -0.25) is 9.48 Å². The molecule has 0 aliphatic heterocycles. The number of nitrogens with zero attached hydrogens (tertiary/aromatic N) is 2. The predicted octanol–water partition coefficient (Wildman–Crippen LogP) is 1.42. The van der Waals surface area contributed by atoms with Crippen LogP contribution < -0.4 is 5.73 Å². The Balaban J connectivity index is 2.47. The molecule has 3 N–H and O–H groups in total. The molecule has 100 valence electrons. The van der Waals surface area contributed by atoms with Crippen molar-refractivity contribution in [2.24, 2.45) is 18.2 Å². The van der Waals surface area contributed by atoms with Gasteiger partial charge in [-0.15, -0.1) is 0 Å². The minimum Gasteiger partial charge on any atom is -0.481 e. The molecule has 1 saturated carbocycles. The van der Waals surface area contributed by atoms with Crippen molar-refractivity contribution in [2.75, 3.05) is 6.54 Å². The van der Waals surface area contributed by atoms with Crippen LogP contribution in [-0.4, -0.2) is 27.4 Å². The SMILES string of the molecule is Cc1cnn(C)c1[C@H](CN)C1(C(=O)O)CCCC1. The summed E-state index contributed by atoms with van der Waals surface area (Å²) in [5.74, 6) is -0.860. The summed E-state index contributed by atoms with van der Waals surface area (Å²) in [6, 6.07) is 0. The molecule has 0 unspecified atom stereocenters. The quantitative estimate of drug-likeness (QED) is 0.848. The summed E-state index contributed by atoms with van der Waals surface area (Å²) >= 11 is 0. The topological polar surface area (TPSA) is 81.1 Å². The fourth-order valence-electron chi connectivity index (χ4n) is 3.37. The summed E-state index contributed by atoms with van der Waals surface area (Å²) < 4.78 is 1.77. The summed E-state index contributed by atoms with van der Waals surface area (Å²) in [5.41, 5.74) is 7.20. The van der Waals surface area contributed by atoms with Crippen LogP contribution in [-0.2, 0) is 11.8 Å². The van der Waals surface area contributed by atoms with Crippen molar-refractivity contribution in [2.45, 2.75) is 38.5 Å². The molecule has 5 heteroatoms. The van der Waals surface area contributed by atoms with E-state index in [1.807, 2.05) is 14.0 Å². The summed E-state index contributed by atoms with van der Waals surface area (Å²) in [4.78, 5) is 11.8. The van der Waals surface area contributed by atoms with Crippen LogP contribution in [0.25, 0.3) is 0 Å². The van der Waals surface area contributed by atoms with Gasteiger partial charge >= 0.3 is 5.97 Å². The molecular weight excluding hydrogens is 230 g/mol. The zero-order valence-corrected chi connectivity index (χ0v) is 11.0. The fourth-order valence-corrected chi connectivity index (χ4v) is 3.37. The third-order valence-corrected chi connectivity index (χ3v) is 4.33. The first-order chi connectivity index (χ1) is 8.53. The van der Waals surface area contributed by atoms with E-state index in [9.17, 15) is 9.90 Å². The normalized spacial score (nSPS) is 19.9. The second kappa shape index (κ2) is 4.72. The summed E-state index contributed by atoms with van der Waals surface area (Å²) in [6.45, 7) is 2.32. The van der Waals surface area contributed by atoms with Crippen molar-refractivity contribution < 1.29 is 9.90 Å². The summed E-state index contributed by atoms with van der Waals surface area (Å²) in [7, 11) is 1.86. The zero-order chi connectivity index (χ0) is 13.3. The molecule has 0 amide bonds. The van der Waals surface area contributed by atoms with Gasteiger partial charge in [-0.25, -0.2) is 0 Å². The van der Waals surface area contributed by atoms with Crippen LogP contribution >= 0.6 is 0 Å². The summed E-state index contributed by atoms with van der Waals surface area (Å²) in [6.07, 6.45) is 5.16. The highest BCUT2D eigenvalue weighted by Gasteiger charge is 2.49. The maximum absolute atomic E-state index is 11.8. The monoisotopic (exact) mass is 251 g/mol. The standard InChI is InChI=1S/C13H21N3O2/c1-9-8-15-16(2)11(9)10(7-14)13(12(17)18)5-3-4-6-13/h8,10H,3-7,14H2,1-2H3,(H,17,18)/t10-/m0/s1. The third-order valence-electron chi connectivity index (χ3n) is 4.33. The molecule has 1 aliphatic carbocycles. The molecular formula is C13H21N3O2. The maximum atomic E-state index is 11.8. The van der Waals surface area contributed by atoms with Crippen molar-refractivity contribution in [3.8, 4) is 0 Å². The van der Waals surface area contributed by atoms with E-state index < -0.39 is 11.4 Å². The number of aliphatic carboxylic acids is 1. The predicted molar refractivity (Wildman–Crippen MR) is 68.3 cm³/mol. The van der Waals surface area contributed by atoms with Crippen molar-refractivity contribution in [3.05, 3.63) is 17.5 Å². The number of carboxylic acids is 1. The average Bonchev–Trinajstić information content (AvgIpc) is 2.92. The molecule has 1 aromatic rings. The Morgan fingerprint density at radius 2 is 2.22 bits per heavy atom. The number of hydrogen-bond donors (Lipinski definition) is 2. The lowest BCUT2D eigenvalue weighted by Crippen LogP contribution is -2.39. The van der Waals surface area contributed by atoms with Gasteiger partial charge in [0.25, 0.3) is 0 Å². The van der Waals surface area contributed by atoms with Crippen LogP contribution in [0.2, 0.25) is 0 Å². The van der Waals surface area contributed by atoms with Crippen molar-refractivity contribution >= 4 is 5.97 Å². The van der Waals surface area contributed by atoms with E-state index in [-0.39, 0.29) is 5.92 Å². The van der Waals surface area contributed by atoms with Crippen LogP contribution in [0.4, 0.5) is 0 Å². The summed E-state index contributed by atoms with van der Waals surface area (Å²) in [5, 5.41) is 13.9. The minimum absolute atomic E-state index is 0.148. The van der Waals surface area contributed by atoms with Gasteiger partial charge in [-0.2, -0.15) is 5.10 Å². The molecule has 0 spiro atoms. The minimum atomic E-state index is -0.712. The Hall–Kier alpha value is -1.36. The molecule has 2 rings (SSSR count). The molecule has 1 heterocycles. The molecule has 1 aliphatic rings. The van der Waals surface area contributed by atoms with Gasteiger partial charge in [0.05, 0.1) is 11.6 Å². The fraction of sp³-hybridized carbons (Fsp3) is 0.692. The Bertz CT molecular complexity index is 428. The number of hydrogen-bond acceptors (Lipinski definition) is 3. The second-order valence-corrected chi connectivity index (χ2v) is 5.29. The number of rotatable bonds is 4. The molecule has 5 nitrogen and oxygen atoms in total.